The molecule has 1 amide bonds. The second-order valence-electron chi connectivity index (χ2n) is 6.31. The fraction of sp³-hybridized carbons (Fsp3) is 0.650. The van der Waals surface area contributed by atoms with Crippen LogP contribution in [0.25, 0.3) is 0 Å². The summed E-state index contributed by atoms with van der Waals surface area (Å²) < 4.78 is 0. The molecule has 0 aliphatic carbocycles. The summed E-state index contributed by atoms with van der Waals surface area (Å²) in [5.41, 5.74) is 1.20. The van der Waals surface area contributed by atoms with Crippen LogP contribution in [0.1, 0.15) is 76.7 Å². The van der Waals surface area contributed by atoms with Crippen molar-refractivity contribution >= 4 is 5.91 Å². The normalized spacial score (nSPS) is 10.6. The van der Waals surface area contributed by atoms with E-state index >= 15 is 0 Å². The van der Waals surface area contributed by atoms with E-state index in [1.54, 1.807) is 0 Å². The van der Waals surface area contributed by atoms with Gasteiger partial charge in [0, 0.05) is 20.0 Å². The van der Waals surface area contributed by atoms with Gasteiger partial charge in [0.15, 0.2) is 0 Å². The molecule has 22 heavy (non-hydrogen) atoms. The molecule has 0 fully saturated rings. The highest BCUT2D eigenvalue weighted by Gasteiger charge is 2.08. The highest BCUT2D eigenvalue weighted by Crippen LogP contribution is 2.11. The Labute approximate surface area is 136 Å². The zero-order valence-electron chi connectivity index (χ0n) is 14.5. The molecule has 0 spiro atoms. The van der Waals surface area contributed by atoms with E-state index in [1.807, 2.05) is 30.1 Å². The zero-order chi connectivity index (χ0) is 16.0. The Bertz CT molecular complexity index is 388. The van der Waals surface area contributed by atoms with Gasteiger partial charge in [0.2, 0.25) is 5.91 Å². The molecule has 0 saturated carbocycles. The molecule has 0 radical (unpaired) electrons. The van der Waals surface area contributed by atoms with E-state index in [4.69, 9.17) is 0 Å². The monoisotopic (exact) mass is 303 g/mol. The minimum absolute atomic E-state index is 0.270. The lowest BCUT2D eigenvalue weighted by Crippen LogP contribution is -2.25. The molecule has 2 nitrogen and oxygen atoms in total. The maximum Gasteiger partial charge on any atom is 0.222 e. The maximum atomic E-state index is 12.1. The maximum absolute atomic E-state index is 12.1. The SMILES string of the molecule is CCCCCCCCCCCC(=O)N(C)Cc1ccccc1. The van der Waals surface area contributed by atoms with Crippen LogP contribution in [0.3, 0.4) is 0 Å². The van der Waals surface area contributed by atoms with Crippen molar-refractivity contribution in [2.75, 3.05) is 7.05 Å². The Balaban J connectivity index is 2.01. The number of benzene rings is 1. The Morgan fingerprint density at radius 1 is 0.864 bits per heavy atom. The number of hydrogen-bond donors (Lipinski definition) is 0. The molecule has 0 heterocycles. The number of unbranched alkanes of at least 4 members (excludes halogenated alkanes) is 8. The summed E-state index contributed by atoms with van der Waals surface area (Å²) in [6.07, 6.45) is 12.4. The standard InChI is InChI=1S/C20H33NO/c1-3-4-5-6-7-8-9-10-14-17-20(22)21(2)18-19-15-12-11-13-16-19/h11-13,15-16H,3-10,14,17-18H2,1-2H3. The van der Waals surface area contributed by atoms with Crippen LogP contribution in [-0.4, -0.2) is 17.9 Å². The van der Waals surface area contributed by atoms with Crippen LogP contribution in [0.15, 0.2) is 30.3 Å². The minimum Gasteiger partial charge on any atom is -0.341 e. The van der Waals surface area contributed by atoms with E-state index in [1.165, 1.54) is 56.9 Å². The lowest BCUT2D eigenvalue weighted by molar-refractivity contribution is -0.130. The van der Waals surface area contributed by atoms with Gasteiger partial charge in [-0.2, -0.15) is 0 Å². The van der Waals surface area contributed by atoms with E-state index in [2.05, 4.69) is 19.1 Å². The molecule has 0 aliphatic rings. The topological polar surface area (TPSA) is 20.3 Å². The molecule has 0 atom stereocenters. The average Bonchev–Trinajstić information content (AvgIpc) is 2.54. The van der Waals surface area contributed by atoms with Crippen LogP contribution in [0.2, 0.25) is 0 Å². The van der Waals surface area contributed by atoms with Crippen molar-refractivity contribution in [2.45, 2.75) is 77.7 Å². The fourth-order valence-electron chi connectivity index (χ4n) is 2.72. The van der Waals surface area contributed by atoms with Crippen molar-refractivity contribution in [2.24, 2.45) is 0 Å². The van der Waals surface area contributed by atoms with Crippen LogP contribution in [0.5, 0.6) is 0 Å². The van der Waals surface area contributed by atoms with Crippen molar-refractivity contribution in [1.29, 1.82) is 0 Å². The van der Waals surface area contributed by atoms with E-state index in [9.17, 15) is 4.79 Å². The Morgan fingerprint density at radius 2 is 1.41 bits per heavy atom. The molecule has 124 valence electrons. The molecular weight excluding hydrogens is 270 g/mol. The third kappa shape index (κ3) is 8.86. The van der Waals surface area contributed by atoms with E-state index in [-0.39, 0.29) is 5.91 Å². The molecule has 0 unspecified atom stereocenters. The van der Waals surface area contributed by atoms with Crippen molar-refractivity contribution in [1.82, 2.24) is 4.90 Å². The molecule has 0 bridgehead atoms. The number of nitrogens with zero attached hydrogens (tertiary/aromatic N) is 1. The third-order valence-corrected chi connectivity index (χ3v) is 4.18. The van der Waals surface area contributed by atoms with Gasteiger partial charge in [0.1, 0.15) is 0 Å². The molecular formula is C20H33NO. The molecule has 0 saturated heterocycles. The van der Waals surface area contributed by atoms with Crippen molar-refractivity contribution in [3.63, 3.8) is 0 Å². The molecule has 1 aromatic rings. The number of rotatable bonds is 12. The zero-order valence-corrected chi connectivity index (χ0v) is 14.5. The third-order valence-electron chi connectivity index (χ3n) is 4.18. The number of hydrogen-bond acceptors (Lipinski definition) is 1. The molecule has 0 aliphatic heterocycles. The van der Waals surface area contributed by atoms with Gasteiger partial charge in [-0.05, 0) is 12.0 Å². The van der Waals surface area contributed by atoms with E-state index in [0.29, 0.717) is 6.42 Å². The van der Waals surface area contributed by atoms with Gasteiger partial charge < -0.3 is 4.90 Å². The van der Waals surface area contributed by atoms with Crippen LogP contribution >= 0.6 is 0 Å². The molecule has 1 rings (SSSR count). The Kier molecular flexibility index (Phi) is 10.4. The Hall–Kier alpha value is -1.31. The number of carbonyl (C=O) groups is 1. The summed E-state index contributed by atoms with van der Waals surface area (Å²) in [6.45, 7) is 2.98. The van der Waals surface area contributed by atoms with Crippen LogP contribution < -0.4 is 0 Å². The van der Waals surface area contributed by atoms with Gasteiger partial charge >= 0.3 is 0 Å². The van der Waals surface area contributed by atoms with Gasteiger partial charge in [-0.25, -0.2) is 0 Å². The van der Waals surface area contributed by atoms with Gasteiger partial charge in [-0.3, -0.25) is 4.79 Å². The first-order valence-corrected chi connectivity index (χ1v) is 9.02. The largest absolute Gasteiger partial charge is 0.341 e. The fourth-order valence-corrected chi connectivity index (χ4v) is 2.72. The van der Waals surface area contributed by atoms with Crippen molar-refractivity contribution in [3.05, 3.63) is 35.9 Å². The average molecular weight is 303 g/mol. The van der Waals surface area contributed by atoms with Gasteiger partial charge in [0.25, 0.3) is 0 Å². The Morgan fingerprint density at radius 3 is 2.00 bits per heavy atom. The van der Waals surface area contributed by atoms with Gasteiger partial charge in [-0.1, -0.05) is 88.6 Å². The second kappa shape index (κ2) is 12.3. The molecule has 2 heteroatoms. The number of carbonyl (C=O) groups excluding carboxylic acids is 1. The smallest absolute Gasteiger partial charge is 0.222 e. The van der Waals surface area contributed by atoms with Crippen LogP contribution in [-0.2, 0) is 11.3 Å². The summed E-state index contributed by atoms with van der Waals surface area (Å²) in [6, 6.07) is 10.2. The predicted molar refractivity (Wildman–Crippen MR) is 94.8 cm³/mol. The van der Waals surface area contributed by atoms with E-state index in [0.717, 1.165) is 13.0 Å². The first-order chi connectivity index (χ1) is 10.7. The van der Waals surface area contributed by atoms with Gasteiger partial charge in [-0.15, -0.1) is 0 Å². The van der Waals surface area contributed by atoms with E-state index < -0.39 is 0 Å². The first-order valence-electron chi connectivity index (χ1n) is 9.02. The van der Waals surface area contributed by atoms with Gasteiger partial charge in [0.05, 0.1) is 0 Å². The highest BCUT2D eigenvalue weighted by molar-refractivity contribution is 5.75. The molecule has 1 aromatic carbocycles. The predicted octanol–water partition coefficient (Wildman–Crippen LogP) is 5.57. The summed E-state index contributed by atoms with van der Waals surface area (Å²) in [5.74, 6) is 0.270. The minimum atomic E-state index is 0.270. The summed E-state index contributed by atoms with van der Waals surface area (Å²) in [5, 5.41) is 0. The number of amides is 1. The van der Waals surface area contributed by atoms with Crippen LogP contribution in [0, 0.1) is 0 Å². The summed E-state index contributed by atoms with van der Waals surface area (Å²) >= 11 is 0. The summed E-state index contributed by atoms with van der Waals surface area (Å²) in [4.78, 5) is 13.9. The van der Waals surface area contributed by atoms with Crippen molar-refractivity contribution < 1.29 is 4.79 Å². The summed E-state index contributed by atoms with van der Waals surface area (Å²) in [7, 11) is 1.91. The first kappa shape index (κ1) is 18.7. The van der Waals surface area contributed by atoms with Crippen LogP contribution in [0.4, 0.5) is 0 Å². The quantitative estimate of drug-likeness (QED) is 0.462. The molecule has 0 aromatic heterocycles. The molecule has 0 N–H and O–H groups in total. The van der Waals surface area contributed by atoms with Crippen molar-refractivity contribution in [3.8, 4) is 0 Å². The highest BCUT2D eigenvalue weighted by atomic mass is 16.2. The lowest BCUT2D eigenvalue weighted by atomic mass is 10.1. The second-order valence-corrected chi connectivity index (χ2v) is 6.31. The lowest BCUT2D eigenvalue weighted by Gasteiger charge is -2.17.